The third kappa shape index (κ3) is 6.23. The van der Waals surface area contributed by atoms with Crippen molar-refractivity contribution in [1.82, 2.24) is 4.90 Å². The zero-order valence-electron chi connectivity index (χ0n) is 26.7. The number of methoxy groups -OCH3 is 4. The summed E-state index contributed by atoms with van der Waals surface area (Å²) in [4.78, 5) is 16.2. The van der Waals surface area contributed by atoms with Gasteiger partial charge >= 0.3 is 6.09 Å². The van der Waals surface area contributed by atoms with Crippen LogP contribution in [0.1, 0.15) is 67.8 Å². The van der Waals surface area contributed by atoms with Crippen molar-refractivity contribution in [1.29, 1.82) is 0 Å². The Morgan fingerprint density at radius 2 is 1.57 bits per heavy atom. The largest absolute Gasteiger partial charge is 0.493 e. The van der Waals surface area contributed by atoms with Crippen molar-refractivity contribution in [2.75, 3.05) is 35.0 Å². The summed E-state index contributed by atoms with van der Waals surface area (Å²) in [5.74, 6) is 2.80. The van der Waals surface area contributed by atoms with E-state index in [-0.39, 0.29) is 29.6 Å². The van der Waals surface area contributed by atoms with Gasteiger partial charge in [0.05, 0.1) is 39.0 Å². The molecule has 0 radical (unpaired) electrons. The van der Waals surface area contributed by atoms with Crippen LogP contribution in [0.2, 0.25) is 0 Å². The van der Waals surface area contributed by atoms with Gasteiger partial charge in [0.25, 0.3) is 0 Å². The Labute approximate surface area is 269 Å². The van der Waals surface area contributed by atoms with Crippen LogP contribution in [0.5, 0.6) is 23.0 Å². The number of carbonyl (C=O) groups is 1. The lowest BCUT2D eigenvalue weighted by Gasteiger charge is -2.44. The Hall–Kier alpha value is -3.39. The molecule has 5 rings (SSSR count). The fourth-order valence-corrected chi connectivity index (χ4v) is 7.76. The minimum atomic E-state index is -0.287. The summed E-state index contributed by atoms with van der Waals surface area (Å²) in [5.41, 5.74) is 4.30. The molecule has 8 heteroatoms. The number of rotatable bonds is 9. The molecule has 0 spiro atoms. The molecule has 7 nitrogen and oxygen atoms in total. The van der Waals surface area contributed by atoms with Crippen LogP contribution in [0.15, 0.2) is 59.1 Å². The van der Waals surface area contributed by atoms with Gasteiger partial charge in [-0.1, -0.05) is 56.7 Å². The standard InChI is InChI=1S/C36H44BrNO6/c1-36(2,25-12-8-7-9-13-25)27-14-10-11-15-29(27)44-35(39)38-19-18-23-21-31(41-4)32(42-5)22-26(23)28(38)20-24-16-17-30(40-3)34(43-6)33(24)37/h7-9,12-13,16-17,21-22,27-29H,10-11,14-15,18-20H2,1-6H3/t27-,28+,29-/m0/s1. The normalized spacial score (nSPS) is 20.0. The van der Waals surface area contributed by atoms with E-state index in [0.717, 1.165) is 46.8 Å². The van der Waals surface area contributed by atoms with Gasteiger partial charge in [0, 0.05) is 12.5 Å². The topological polar surface area (TPSA) is 66.5 Å². The number of halogens is 1. The molecule has 0 unspecified atom stereocenters. The molecular weight excluding hydrogens is 622 g/mol. The quantitative estimate of drug-likeness (QED) is 0.229. The highest BCUT2D eigenvalue weighted by Crippen LogP contribution is 2.45. The number of nitrogens with zero attached hydrogens (tertiary/aromatic N) is 1. The Morgan fingerprint density at radius 3 is 2.25 bits per heavy atom. The second-order valence-electron chi connectivity index (χ2n) is 12.2. The summed E-state index contributed by atoms with van der Waals surface area (Å²) >= 11 is 3.75. The van der Waals surface area contributed by atoms with E-state index >= 15 is 0 Å². The molecule has 236 valence electrons. The maximum absolute atomic E-state index is 14.3. The third-order valence-corrected chi connectivity index (χ3v) is 10.5. The van der Waals surface area contributed by atoms with Crippen LogP contribution in [0, 0.1) is 5.92 Å². The lowest BCUT2D eigenvalue weighted by atomic mass is 9.66. The first-order valence-corrected chi connectivity index (χ1v) is 16.2. The summed E-state index contributed by atoms with van der Waals surface area (Å²) in [5, 5.41) is 0. The van der Waals surface area contributed by atoms with E-state index in [1.165, 1.54) is 5.56 Å². The molecule has 0 bridgehead atoms. The molecule has 1 heterocycles. The maximum atomic E-state index is 14.3. The smallest absolute Gasteiger partial charge is 0.410 e. The lowest BCUT2D eigenvalue weighted by molar-refractivity contribution is -0.0130. The van der Waals surface area contributed by atoms with Crippen molar-refractivity contribution in [3.05, 3.63) is 81.3 Å². The average Bonchev–Trinajstić information content (AvgIpc) is 3.05. The fraction of sp³-hybridized carbons (Fsp3) is 0.472. The van der Waals surface area contributed by atoms with E-state index in [4.69, 9.17) is 23.7 Å². The predicted octanol–water partition coefficient (Wildman–Crippen LogP) is 8.30. The molecule has 1 saturated carbocycles. The average molecular weight is 667 g/mol. The van der Waals surface area contributed by atoms with Crippen molar-refractivity contribution in [3.63, 3.8) is 0 Å². The van der Waals surface area contributed by atoms with E-state index in [2.05, 4.69) is 54.0 Å². The van der Waals surface area contributed by atoms with Crippen LogP contribution >= 0.6 is 15.9 Å². The number of fused-ring (bicyclic) bond motifs is 1. The fourth-order valence-electron chi connectivity index (χ4n) is 7.11. The first kappa shape index (κ1) is 32.0. The number of hydrogen-bond donors (Lipinski definition) is 0. The zero-order chi connectivity index (χ0) is 31.4. The highest BCUT2D eigenvalue weighted by molar-refractivity contribution is 9.10. The van der Waals surface area contributed by atoms with E-state index in [9.17, 15) is 4.79 Å². The van der Waals surface area contributed by atoms with Crippen molar-refractivity contribution < 1.29 is 28.5 Å². The zero-order valence-corrected chi connectivity index (χ0v) is 28.2. The van der Waals surface area contributed by atoms with E-state index in [0.29, 0.717) is 42.4 Å². The molecule has 3 atom stereocenters. The van der Waals surface area contributed by atoms with Crippen LogP contribution in [0.25, 0.3) is 0 Å². The first-order chi connectivity index (χ1) is 21.2. The Kier molecular flexibility index (Phi) is 9.98. The number of ether oxygens (including phenoxy) is 5. The minimum Gasteiger partial charge on any atom is -0.493 e. The number of hydrogen-bond acceptors (Lipinski definition) is 6. The van der Waals surface area contributed by atoms with Crippen LogP contribution in [-0.4, -0.2) is 52.1 Å². The molecule has 3 aromatic carbocycles. The van der Waals surface area contributed by atoms with Gasteiger partial charge in [-0.2, -0.15) is 0 Å². The molecule has 44 heavy (non-hydrogen) atoms. The highest BCUT2D eigenvalue weighted by atomic mass is 79.9. The number of carbonyl (C=O) groups excluding carboxylic acids is 1. The van der Waals surface area contributed by atoms with Gasteiger partial charge < -0.3 is 28.6 Å². The molecule has 0 aromatic heterocycles. The molecule has 2 aliphatic rings. The predicted molar refractivity (Wildman–Crippen MR) is 175 cm³/mol. The summed E-state index contributed by atoms with van der Waals surface area (Å²) < 4.78 is 29.8. The van der Waals surface area contributed by atoms with Crippen molar-refractivity contribution >= 4 is 22.0 Å². The highest BCUT2D eigenvalue weighted by Gasteiger charge is 2.42. The molecule has 1 aliphatic carbocycles. The van der Waals surface area contributed by atoms with Crippen molar-refractivity contribution in [3.8, 4) is 23.0 Å². The van der Waals surface area contributed by atoms with E-state index in [1.54, 1.807) is 28.4 Å². The van der Waals surface area contributed by atoms with Gasteiger partial charge in [-0.15, -0.1) is 0 Å². The molecular formula is C36H44BrNO6. The van der Waals surface area contributed by atoms with E-state index < -0.39 is 0 Å². The Balaban J connectivity index is 1.49. The summed E-state index contributed by atoms with van der Waals surface area (Å²) in [6.07, 6.45) is 4.90. The molecule has 0 N–H and O–H groups in total. The Bertz CT molecular complexity index is 1460. The second-order valence-corrected chi connectivity index (χ2v) is 13.0. The van der Waals surface area contributed by atoms with Gasteiger partial charge in [0.2, 0.25) is 0 Å². The number of amides is 1. The van der Waals surface area contributed by atoms with Crippen molar-refractivity contribution in [2.45, 2.75) is 69.9 Å². The van der Waals surface area contributed by atoms with Crippen LogP contribution < -0.4 is 18.9 Å². The summed E-state index contributed by atoms with van der Waals surface area (Å²) in [7, 11) is 6.53. The van der Waals surface area contributed by atoms with Crippen molar-refractivity contribution in [2.24, 2.45) is 5.92 Å². The molecule has 0 saturated heterocycles. The Morgan fingerprint density at radius 1 is 0.886 bits per heavy atom. The second kappa shape index (κ2) is 13.7. The molecule has 1 aliphatic heterocycles. The van der Waals surface area contributed by atoms with Gasteiger partial charge in [-0.3, -0.25) is 0 Å². The monoisotopic (exact) mass is 665 g/mol. The minimum absolute atomic E-state index is 0.130. The van der Waals surface area contributed by atoms with Crippen LogP contribution in [-0.2, 0) is 23.0 Å². The molecule has 1 amide bonds. The molecule has 3 aromatic rings. The van der Waals surface area contributed by atoms with Crippen LogP contribution in [0.3, 0.4) is 0 Å². The van der Waals surface area contributed by atoms with Crippen LogP contribution in [0.4, 0.5) is 4.79 Å². The number of benzene rings is 3. The summed E-state index contributed by atoms with van der Waals surface area (Å²) in [6, 6.07) is 18.3. The van der Waals surface area contributed by atoms with E-state index in [1.807, 2.05) is 35.2 Å². The SMILES string of the molecule is COc1cc2c(cc1OC)[C@@H](Cc1ccc(OC)c(OC)c1Br)N(C(=O)O[C@H]1CCCC[C@@H]1C(C)(C)c1ccccc1)CC2. The lowest BCUT2D eigenvalue weighted by Crippen LogP contribution is -2.47. The summed E-state index contributed by atoms with van der Waals surface area (Å²) in [6.45, 7) is 5.11. The van der Waals surface area contributed by atoms with Gasteiger partial charge in [-0.05, 0) is 93.9 Å². The first-order valence-electron chi connectivity index (χ1n) is 15.4. The van der Waals surface area contributed by atoms with Gasteiger partial charge in [0.1, 0.15) is 6.10 Å². The third-order valence-electron chi connectivity index (χ3n) is 9.61. The maximum Gasteiger partial charge on any atom is 0.410 e. The van der Waals surface area contributed by atoms with Gasteiger partial charge in [-0.25, -0.2) is 4.79 Å². The molecule has 1 fully saturated rings. The van der Waals surface area contributed by atoms with Gasteiger partial charge in [0.15, 0.2) is 23.0 Å².